The minimum absolute atomic E-state index is 0.0171. The molecule has 0 saturated heterocycles. The van der Waals surface area contributed by atoms with E-state index in [2.05, 4.69) is 5.32 Å². The second kappa shape index (κ2) is 10.4. The number of ether oxygens (including phenoxy) is 3. The third kappa shape index (κ3) is 5.23. The van der Waals surface area contributed by atoms with Crippen LogP contribution in [0.1, 0.15) is 27.7 Å². The topological polar surface area (TPSA) is 154 Å². The van der Waals surface area contributed by atoms with Gasteiger partial charge < -0.3 is 24.6 Å². The minimum Gasteiger partial charge on any atom is -0.478 e. The highest BCUT2D eigenvalue weighted by Gasteiger charge is 2.46. The van der Waals surface area contributed by atoms with Gasteiger partial charge in [-0.15, -0.1) is 0 Å². The average Bonchev–Trinajstić information content (AvgIpc) is 2.71. The molecule has 1 atom stereocenters. The molecule has 0 amide bonds. The quantitative estimate of drug-likeness (QED) is 0.327. The van der Waals surface area contributed by atoms with Crippen molar-refractivity contribution in [3.8, 4) is 5.75 Å². The Morgan fingerprint density at radius 3 is 2.06 bits per heavy atom. The summed E-state index contributed by atoms with van der Waals surface area (Å²) in [6, 6.07) is 4.94. The lowest BCUT2D eigenvalue weighted by atomic mass is 9.81. The lowest BCUT2D eigenvalue weighted by Crippen LogP contribution is -2.45. The number of aliphatic carboxylic acids is 1. The Bertz CT molecular complexity index is 957. The number of dihydropyridines is 1. The zero-order chi connectivity index (χ0) is 24.0. The highest BCUT2D eigenvalue weighted by molar-refractivity contribution is 5.99. The molecular formula is C21H24N2O9. The van der Waals surface area contributed by atoms with E-state index in [4.69, 9.17) is 14.2 Å². The summed E-state index contributed by atoms with van der Waals surface area (Å²) in [6.45, 7) is 6.28. The first-order valence-corrected chi connectivity index (χ1v) is 9.79. The fourth-order valence-corrected chi connectivity index (χ4v) is 3.39. The van der Waals surface area contributed by atoms with Crippen molar-refractivity contribution in [3.63, 3.8) is 0 Å². The van der Waals surface area contributed by atoms with Crippen LogP contribution in [0.2, 0.25) is 0 Å². The number of allylic oxidation sites excluding steroid dienone is 2. The van der Waals surface area contributed by atoms with Gasteiger partial charge in [-0.3, -0.25) is 10.1 Å². The number of hydrogen-bond donors (Lipinski definition) is 2. The van der Waals surface area contributed by atoms with E-state index in [-0.39, 0.29) is 47.2 Å². The van der Waals surface area contributed by atoms with Crippen LogP contribution >= 0.6 is 0 Å². The molecule has 0 bridgehead atoms. The number of benzene rings is 1. The number of carboxylic acids is 1. The fraction of sp³-hybridized carbons (Fsp3) is 0.381. The Labute approximate surface area is 183 Å². The van der Waals surface area contributed by atoms with E-state index in [9.17, 15) is 29.6 Å². The van der Waals surface area contributed by atoms with E-state index >= 15 is 0 Å². The standard InChI is InChI=1S/C21H24N2O9/c1-5-30-20(26)15-11(3)22-12(4)16(21(27)31-6-2)17(15)18(19(24)25)32-14-9-7-8-13(10-14)23(28)29/h7-10,17-18,22H,5-6H2,1-4H3,(H,24,25). The van der Waals surface area contributed by atoms with E-state index in [1.807, 2.05) is 0 Å². The SMILES string of the molecule is CCOC(=O)C1=C(C)NC(C)=C(C(=O)OCC)C1C(Oc1cccc([N+](=O)[O-])c1)C(=O)O. The van der Waals surface area contributed by atoms with Gasteiger partial charge >= 0.3 is 17.9 Å². The molecule has 2 N–H and O–H groups in total. The first-order valence-electron chi connectivity index (χ1n) is 9.79. The van der Waals surface area contributed by atoms with Crippen LogP contribution in [0.25, 0.3) is 0 Å². The molecule has 0 aliphatic carbocycles. The number of nitrogens with zero attached hydrogens (tertiary/aromatic N) is 1. The van der Waals surface area contributed by atoms with Crippen LogP contribution < -0.4 is 10.1 Å². The summed E-state index contributed by atoms with van der Waals surface area (Å²) >= 11 is 0. The van der Waals surface area contributed by atoms with Gasteiger partial charge in [-0.1, -0.05) is 6.07 Å². The number of rotatable bonds is 9. The Morgan fingerprint density at radius 1 is 1.09 bits per heavy atom. The number of nitro groups is 1. The number of carbonyl (C=O) groups is 3. The number of carbonyl (C=O) groups excluding carboxylic acids is 2. The Kier molecular flexibility index (Phi) is 7.94. The summed E-state index contributed by atoms with van der Waals surface area (Å²) in [4.78, 5) is 48.2. The summed E-state index contributed by atoms with van der Waals surface area (Å²) < 4.78 is 15.8. The predicted molar refractivity (Wildman–Crippen MR) is 110 cm³/mol. The lowest BCUT2D eigenvalue weighted by Gasteiger charge is -2.33. The normalized spacial score (nSPS) is 15.0. The van der Waals surface area contributed by atoms with Crippen LogP contribution in [-0.2, 0) is 23.9 Å². The molecule has 1 heterocycles. The average molecular weight is 448 g/mol. The summed E-state index contributed by atoms with van der Waals surface area (Å²) in [5.41, 5.74) is 0.0316. The van der Waals surface area contributed by atoms with Crippen LogP contribution in [-0.4, -0.2) is 47.3 Å². The van der Waals surface area contributed by atoms with Crippen LogP contribution in [0.4, 0.5) is 5.69 Å². The van der Waals surface area contributed by atoms with Crippen LogP contribution in [0, 0.1) is 16.0 Å². The largest absolute Gasteiger partial charge is 0.478 e. The monoisotopic (exact) mass is 448 g/mol. The van der Waals surface area contributed by atoms with Crippen molar-refractivity contribution in [2.45, 2.75) is 33.8 Å². The van der Waals surface area contributed by atoms with Crippen molar-refractivity contribution in [1.82, 2.24) is 5.32 Å². The van der Waals surface area contributed by atoms with Gasteiger partial charge in [0.05, 0.1) is 41.3 Å². The number of hydrogen-bond acceptors (Lipinski definition) is 9. The van der Waals surface area contributed by atoms with Gasteiger partial charge in [0, 0.05) is 17.5 Å². The molecule has 1 aliphatic rings. The van der Waals surface area contributed by atoms with Gasteiger partial charge in [0.1, 0.15) is 5.75 Å². The van der Waals surface area contributed by atoms with E-state index < -0.39 is 34.9 Å². The molecule has 1 aliphatic heterocycles. The highest BCUT2D eigenvalue weighted by atomic mass is 16.6. The Balaban J connectivity index is 2.64. The lowest BCUT2D eigenvalue weighted by molar-refractivity contribution is -0.385. The first kappa shape index (κ1) is 24.4. The molecule has 2 rings (SSSR count). The number of carboxylic acid groups (broad SMARTS) is 1. The Morgan fingerprint density at radius 2 is 1.62 bits per heavy atom. The summed E-state index contributed by atoms with van der Waals surface area (Å²) in [5.74, 6) is -4.66. The van der Waals surface area contributed by atoms with Gasteiger partial charge in [-0.05, 0) is 33.8 Å². The smallest absolute Gasteiger partial charge is 0.345 e. The van der Waals surface area contributed by atoms with Crippen LogP contribution in [0.15, 0.2) is 46.8 Å². The summed E-state index contributed by atoms with van der Waals surface area (Å²) in [6.07, 6.45) is -1.79. The van der Waals surface area contributed by atoms with Crippen molar-refractivity contribution >= 4 is 23.6 Å². The molecule has 0 saturated carbocycles. The molecule has 0 aromatic heterocycles. The molecule has 32 heavy (non-hydrogen) atoms. The van der Waals surface area contributed by atoms with Gasteiger partial charge in [-0.2, -0.15) is 0 Å². The molecule has 1 aromatic rings. The van der Waals surface area contributed by atoms with Gasteiger partial charge in [0.15, 0.2) is 0 Å². The number of nitro benzene ring substituents is 1. The second-order valence-corrected chi connectivity index (χ2v) is 6.75. The molecule has 0 spiro atoms. The van der Waals surface area contributed by atoms with Crippen molar-refractivity contribution in [3.05, 3.63) is 56.9 Å². The third-order valence-corrected chi connectivity index (χ3v) is 4.63. The molecule has 1 unspecified atom stereocenters. The number of nitrogens with one attached hydrogen (secondary N) is 1. The zero-order valence-electron chi connectivity index (χ0n) is 18.0. The Hall–Kier alpha value is -3.89. The van der Waals surface area contributed by atoms with E-state index in [0.29, 0.717) is 0 Å². The summed E-state index contributed by atoms with van der Waals surface area (Å²) in [5, 5.41) is 23.9. The van der Waals surface area contributed by atoms with E-state index in [0.717, 1.165) is 6.07 Å². The number of non-ortho nitro benzene ring substituents is 1. The minimum atomic E-state index is -1.79. The van der Waals surface area contributed by atoms with E-state index in [1.54, 1.807) is 13.8 Å². The highest BCUT2D eigenvalue weighted by Crippen LogP contribution is 2.36. The van der Waals surface area contributed by atoms with Crippen LogP contribution in [0.5, 0.6) is 5.75 Å². The first-order chi connectivity index (χ1) is 15.1. The molecule has 172 valence electrons. The molecule has 11 nitrogen and oxygen atoms in total. The van der Waals surface area contributed by atoms with Gasteiger partial charge in [-0.25, -0.2) is 14.4 Å². The maximum Gasteiger partial charge on any atom is 0.345 e. The molecule has 0 radical (unpaired) electrons. The summed E-state index contributed by atoms with van der Waals surface area (Å²) in [7, 11) is 0. The molecular weight excluding hydrogens is 424 g/mol. The third-order valence-electron chi connectivity index (χ3n) is 4.63. The molecule has 1 aromatic carbocycles. The van der Waals surface area contributed by atoms with Crippen molar-refractivity contribution in [2.75, 3.05) is 13.2 Å². The fourth-order valence-electron chi connectivity index (χ4n) is 3.39. The van der Waals surface area contributed by atoms with Crippen molar-refractivity contribution < 1.29 is 38.6 Å². The van der Waals surface area contributed by atoms with Crippen LogP contribution in [0.3, 0.4) is 0 Å². The zero-order valence-corrected chi connectivity index (χ0v) is 18.0. The molecule has 0 fully saturated rings. The van der Waals surface area contributed by atoms with Crippen molar-refractivity contribution in [2.24, 2.45) is 5.92 Å². The maximum atomic E-state index is 12.7. The molecule has 11 heteroatoms. The van der Waals surface area contributed by atoms with Gasteiger partial charge in [0.2, 0.25) is 6.10 Å². The predicted octanol–water partition coefficient (Wildman–Crippen LogP) is 2.32. The maximum absolute atomic E-state index is 12.7. The second-order valence-electron chi connectivity index (χ2n) is 6.75. The van der Waals surface area contributed by atoms with E-state index in [1.165, 1.54) is 32.0 Å². The van der Waals surface area contributed by atoms with Gasteiger partial charge in [0.25, 0.3) is 5.69 Å². The number of esters is 2. The van der Waals surface area contributed by atoms with Crippen molar-refractivity contribution in [1.29, 1.82) is 0 Å².